The molecule has 0 radical (unpaired) electrons. The van der Waals surface area contributed by atoms with Crippen LogP contribution in [0, 0.1) is 17.2 Å². The van der Waals surface area contributed by atoms with Gasteiger partial charge in [0, 0.05) is 26.1 Å². The normalized spacial score (nSPS) is 20.2. The number of hydrogen-bond donors (Lipinski definition) is 2. The SMILES string of the molecule is CCC[C@H](NC(=O)CCC1CCCC1)C(=O)NCC1CN(S(=O)(=O)c2ccccc2C#N)CCO1. The molecule has 1 aliphatic heterocycles. The van der Waals surface area contributed by atoms with Gasteiger partial charge in [0.1, 0.15) is 12.1 Å². The number of carbonyl (C=O) groups is 2. The van der Waals surface area contributed by atoms with Gasteiger partial charge in [0.15, 0.2) is 0 Å². The fourth-order valence-corrected chi connectivity index (χ4v) is 6.35. The van der Waals surface area contributed by atoms with Gasteiger partial charge in [-0.15, -0.1) is 0 Å². The number of nitrogens with one attached hydrogen (secondary N) is 2. The highest BCUT2D eigenvalue weighted by Gasteiger charge is 2.33. The Morgan fingerprint density at radius 2 is 2.00 bits per heavy atom. The molecule has 1 aromatic carbocycles. The second kappa shape index (κ2) is 13.0. The minimum Gasteiger partial charge on any atom is -0.374 e. The Labute approximate surface area is 208 Å². The van der Waals surface area contributed by atoms with Crippen LogP contribution >= 0.6 is 0 Å². The number of morpholine rings is 1. The van der Waals surface area contributed by atoms with Crippen molar-refractivity contribution in [2.45, 2.75) is 75.3 Å². The van der Waals surface area contributed by atoms with Crippen LogP contribution in [0.25, 0.3) is 0 Å². The lowest BCUT2D eigenvalue weighted by Gasteiger charge is -2.32. The lowest BCUT2D eigenvalue weighted by atomic mass is 10.0. The molecule has 0 aromatic heterocycles. The molecular formula is C25H36N4O5S. The third-order valence-corrected chi connectivity index (χ3v) is 8.64. The van der Waals surface area contributed by atoms with Gasteiger partial charge in [-0.25, -0.2) is 8.42 Å². The number of sulfonamides is 1. The molecule has 1 aromatic rings. The Kier molecular flexibility index (Phi) is 10.1. The molecule has 10 heteroatoms. The van der Waals surface area contributed by atoms with Gasteiger partial charge in [-0.3, -0.25) is 9.59 Å². The zero-order chi connectivity index (χ0) is 25.3. The van der Waals surface area contributed by atoms with Crippen LogP contribution in [0.2, 0.25) is 0 Å². The molecule has 2 aliphatic rings. The lowest BCUT2D eigenvalue weighted by Crippen LogP contribution is -2.52. The van der Waals surface area contributed by atoms with Gasteiger partial charge in [0.2, 0.25) is 21.8 Å². The molecular weight excluding hydrogens is 468 g/mol. The summed E-state index contributed by atoms with van der Waals surface area (Å²) in [5.41, 5.74) is 0.0925. The number of benzene rings is 1. The Morgan fingerprint density at radius 3 is 2.71 bits per heavy atom. The quantitative estimate of drug-likeness (QED) is 0.476. The van der Waals surface area contributed by atoms with Gasteiger partial charge >= 0.3 is 0 Å². The van der Waals surface area contributed by atoms with Crippen molar-refractivity contribution in [1.82, 2.24) is 14.9 Å². The number of nitrogens with zero attached hydrogens (tertiary/aromatic N) is 2. The Morgan fingerprint density at radius 1 is 1.26 bits per heavy atom. The second-order valence-corrected chi connectivity index (χ2v) is 11.2. The van der Waals surface area contributed by atoms with E-state index in [0.29, 0.717) is 18.8 Å². The molecule has 1 saturated carbocycles. The van der Waals surface area contributed by atoms with Gasteiger partial charge in [0.05, 0.1) is 23.2 Å². The highest BCUT2D eigenvalue weighted by molar-refractivity contribution is 7.89. The maximum Gasteiger partial charge on any atom is 0.244 e. The van der Waals surface area contributed by atoms with Gasteiger partial charge in [-0.05, 0) is 30.9 Å². The summed E-state index contributed by atoms with van der Waals surface area (Å²) in [7, 11) is -3.87. The van der Waals surface area contributed by atoms with E-state index >= 15 is 0 Å². The molecule has 1 saturated heterocycles. The molecule has 1 unspecified atom stereocenters. The van der Waals surface area contributed by atoms with Crippen molar-refractivity contribution in [3.63, 3.8) is 0 Å². The fourth-order valence-electron chi connectivity index (χ4n) is 4.75. The van der Waals surface area contributed by atoms with E-state index in [1.165, 1.54) is 42.1 Å². The Balaban J connectivity index is 1.52. The van der Waals surface area contributed by atoms with Crippen molar-refractivity contribution in [3.8, 4) is 6.07 Å². The van der Waals surface area contributed by atoms with Crippen LogP contribution in [0.15, 0.2) is 29.2 Å². The molecule has 192 valence electrons. The molecule has 3 rings (SSSR count). The second-order valence-electron chi connectivity index (χ2n) is 9.31. The standard InChI is InChI=1S/C25H36N4O5S/c1-2-7-22(28-24(30)13-12-19-8-3-4-9-19)25(31)27-17-21-18-29(14-15-34-21)35(32,33)23-11-6-5-10-20(23)16-26/h5-6,10-11,19,21-22H,2-4,7-9,12-15,17-18H2,1H3,(H,27,31)(H,28,30)/t21?,22-/m0/s1. The predicted octanol–water partition coefficient (Wildman–Crippen LogP) is 2.32. The van der Waals surface area contributed by atoms with Crippen molar-refractivity contribution in [1.29, 1.82) is 5.26 Å². The maximum absolute atomic E-state index is 13.1. The van der Waals surface area contributed by atoms with E-state index in [-0.39, 0.29) is 48.5 Å². The fraction of sp³-hybridized carbons (Fsp3) is 0.640. The minimum absolute atomic E-state index is 0.0319. The first-order valence-corrected chi connectivity index (χ1v) is 14.0. The molecule has 2 fully saturated rings. The summed E-state index contributed by atoms with van der Waals surface area (Å²) in [6.45, 7) is 2.50. The summed E-state index contributed by atoms with van der Waals surface area (Å²) in [6, 6.07) is 7.41. The molecule has 2 atom stereocenters. The molecule has 2 amide bonds. The van der Waals surface area contributed by atoms with E-state index in [2.05, 4.69) is 10.6 Å². The molecule has 1 aliphatic carbocycles. The minimum atomic E-state index is -3.87. The summed E-state index contributed by atoms with van der Waals surface area (Å²) < 4.78 is 33.2. The third kappa shape index (κ3) is 7.50. The van der Waals surface area contributed by atoms with Crippen LogP contribution in [0.1, 0.15) is 63.9 Å². The van der Waals surface area contributed by atoms with E-state index in [4.69, 9.17) is 4.74 Å². The van der Waals surface area contributed by atoms with Crippen molar-refractivity contribution in [2.24, 2.45) is 5.92 Å². The Hall–Kier alpha value is -2.48. The van der Waals surface area contributed by atoms with Crippen LogP contribution in [-0.2, 0) is 24.3 Å². The lowest BCUT2D eigenvalue weighted by molar-refractivity contribution is -0.129. The third-order valence-electron chi connectivity index (χ3n) is 6.71. The van der Waals surface area contributed by atoms with E-state index in [1.54, 1.807) is 12.1 Å². The highest BCUT2D eigenvalue weighted by atomic mass is 32.2. The number of amides is 2. The average molecular weight is 505 g/mol. The number of carbonyl (C=O) groups excluding carboxylic acids is 2. The topological polar surface area (TPSA) is 129 Å². The van der Waals surface area contributed by atoms with Gasteiger partial charge in [-0.1, -0.05) is 51.2 Å². The summed E-state index contributed by atoms with van der Waals surface area (Å²) in [5.74, 6) is 0.217. The number of ether oxygens (including phenoxy) is 1. The van der Waals surface area contributed by atoms with Crippen molar-refractivity contribution in [2.75, 3.05) is 26.2 Å². The summed E-state index contributed by atoms with van der Waals surface area (Å²) in [5, 5.41) is 15.0. The van der Waals surface area contributed by atoms with Crippen molar-refractivity contribution < 1.29 is 22.7 Å². The van der Waals surface area contributed by atoms with Crippen molar-refractivity contribution in [3.05, 3.63) is 29.8 Å². The van der Waals surface area contributed by atoms with Gasteiger partial charge < -0.3 is 15.4 Å². The van der Waals surface area contributed by atoms with Crippen LogP contribution < -0.4 is 10.6 Å². The first kappa shape index (κ1) is 27.1. The maximum atomic E-state index is 13.1. The number of nitriles is 1. The van der Waals surface area contributed by atoms with E-state index in [9.17, 15) is 23.3 Å². The summed E-state index contributed by atoms with van der Waals surface area (Å²) in [6.07, 6.45) is 6.87. The molecule has 1 heterocycles. The zero-order valence-corrected chi connectivity index (χ0v) is 21.2. The molecule has 35 heavy (non-hydrogen) atoms. The smallest absolute Gasteiger partial charge is 0.244 e. The molecule has 9 nitrogen and oxygen atoms in total. The summed E-state index contributed by atoms with van der Waals surface area (Å²) in [4.78, 5) is 25.2. The van der Waals surface area contributed by atoms with Crippen LogP contribution in [0.3, 0.4) is 0 Å². The van der Waals surface area contributed by atoms with Crippen molar-refractivity contribution >= 4 is 21.8 Å². The van der Waals surface area contributed by atoms with E-state index in [0.717, 1.165) is 12.8 Å². The first-order valence-electron chi connectivity index (χ1n) is 12.5. The van der Waals surface area contributed by atoms with E-state index < -0.39 is 22.2 Å². The Bertz CT molecular complexity index is 1020. The van der Waals surface area contributed by atoms with Gasteiger partial charge in [0.25, 0.3) is 0 Å². The van der Waals surface area contributed by atoms with Crippen LogP contribution in [-0.4, -0.2) is 62.9 Å². The molecule has 0 spiro atoms. The van der Waals surface area contributed by atoms with Crippen LogP contribution in [0.5, 0.6) is 0 Å². The van der Waals surface area contributed by atoms with Crippen LogP contribution in [0.4, 0.5) is 0 Å². The largest absolute Gasteiger partial charge is 0.374 e. The molecule has 0 bridgehead atoms. The zero-order valence-electron chi connectivity index (χ0n) is 20.4. The highest BCUT2D eigenvalue weighted by Crippen LogP contribution is 2.28. The summed E-state index contributed by atoms with van der Waals surface area (Å²) >= 11 is 0. The average Bonchev–Trinajstić information content (AvgIpc) is 3.39. The monoisotopic (exact) mass is 504 g/mol. The number of rotatable bonds is 11. The predicted molar refractivity (Wildman–Crippen MR) is 131 cm³/mol. The van der Waals surface area contributed by atoms with E-state index in [1.807, 2.05) is 13.0 Å². The molecule has 2 N–H and O–H groups in total. The first-order chi connectivity index (χ1) is 16.8. The van der Waals surface area contributed by atoms with Gasteiger partial charge in [-0.2, -0.15) is 9.57 Å². The number of hydrogen-bond acceptors (Lipinski definition) is 6.